The summed E-state index contributed by atoms with van der Waals surface area (Å²) in [7, 11) is 5.49. The molecule has 0 radical (unpaired) electrons. The zero-order valence-electron chi connectivity index (χ0n) is 13.2. The van der Waals surface area contributed by atoms with Crippen molar-refractivity contribution in [2.24, 2.45) is 0 Å². The van der Waals surface area contributed by atoms with E-state index >= 15 is 0 Å². The van der Waals surface area contributed by atoms with Crippen molar-refractivity contribution in [3.05, 3.63) is 23.9 Å². The SMILES string of the molecule is CCc1cc(-c2cc3c(cc2OC)OCO3)nc(N(C)C)n1. The van der Waals surface area contributed by atoms with Crippen molar-refractivity contribution in [2.75, 3.05) is 32.9 Å². The molecule has 0 spiro atoms. The van der Waals surface area contributed by atoms with Gasteiger partial charge in [-0.2, -0.15) is 0 Å². The van der Waals surface area contributed by atoms with Crippen molar-refractivity contribution in [1.29, 1.82) is 0 Å². The van der Waals surface area contributed by atoms with Crippen LogP contribution >= 0.6 is 0 Å². The van der Waals surface area contributed by atoms with Gasteiger partial charge in [-0.3, -0.25) is 0 Å². The Bertz CT molecular complexity index is 701. The molecule has 0 fully saturated rings. The molecule has 3 rings (SSSR count). The lowest BCUT2D eigenvalue weighted by molar-refractivity contribution is 0.174. The topological polar surface area (TPSA) is 56.7 Å². The smallest absolute Gasteiger partial charge is 0.231 e. The molecule has 0 bridgehead atoms. The predicted octanol–water partition coefficient (Wildman–Crippen LogP) is 2.51. The largest absolute Gasteiger partial charge is 0.496 e. The van der Waals surface area contributed by atoms with Crippen LogP contribution in [0.4, 0.5) is 5.95 Å². The Morgan fingerprint density at radius 3 is 2.50 bits per heavy atom. The number of hydrogen-bond donors (Lipinski definition) is 0. The third-order valence-corrected chi connectivity index (χ3v) is 3.50. The Balaban J connectivity index is 2.16. The molecule has 0 saturated heterocycles. The quantitative estimate of drug-likeness (QED) is 0.865. The molecule has 6 heteroatoms. The van der Waals surface area contributed by atoms with Gasteiger partial charge < -0.3 is 19.1 Å². The molecule has 0 amide bonds. The fraction of sp³-hybridized carbons (Fsp3) is 0.375. The van der Waals surface area contributed by atoms with Crippen LogP contribution in [0.25, 0.3) is 11.3 Å². The van der Waals surface area contributed by atoms with Crippen LogP contribution in [0.3, 0.4) is 0 Å². The number of anilines is 1. The maximum atomic E-state index is 5.49. The number of aromatic nitrogens is 2. The predicted molar refractivity (Wildman–Crippen MR) is 83.8 cm³/mol. The van der Waals surface area contributed by atoms with E-state index in [0.717, 1.165) is 23.4 Å². The normalized spacial score (nSPS) is 12.4. The lowest BCUT2D eigenvalue weighted by Crippen LogP contribution is -2.14. The fourth-order valence-electron chi connectivity index (χ4n) is 2.30. The summed E-state index contributed by atoms with van der Waals surface area (Å²) in [4.78, 5) is 11.0. The van der Waals surface area contributed by atoms with Crippen LogP contribution in [0.5, 0.6) is 17.2 Å². The summed E-state index contributed by atoms with van der Waals surface area (Å²) in [5, 5.41) is 0. The number of aryl methyl sites for hydroxylation is 1. The zero-order chi connectivity index (χ0) is 15.7. The Morgan fingerprint density at radius 1 is 1.14 bits per heavy atom. The van der Waals surface area contributed by atoms with Crippen molar-refractivity contribution in [3.8, 4) is 28.5 Å². The minimum absolute atomic E-state index is 0.231. The Kier molecular flexibility index (Phi) is 3.75. The van der Waals surface area contributed by atoms with E-state index in [9.17, 15) is 0 Å². The van der Waals surface area contributed by atoms with E-state index in [1.807, 2.05) is 37.2 Å². The van der Waals surface area contributed by atoms with Crippen LogP contribution in [0.1, 0.15) is 12.6 Å². The molecule has 22 heavy (non-hydrogen) atoms. The second-order valence-corrected chi connectivity index (χ2v) is 5.20. The highest BCUT2D eigenvalue weighted by atomic mass is 16.7. The van der Waals surface area contributed by atoms with Crippen LogP contribution in [0.15, 0.2) is 18.2 Å². The van der Waals surface area contributed by atoms with Crippen LogP contribution in [-0.4, -0.2) is 38.0 Å². The van der Waals surface area contributed by atoms with Crippen molar-refractivity contribution < 1.29 is 14.2 Å². The van der Waals surface area contributed by atoms with Crippen molar-refractivity contribution in [1.82, 2.24) is 9.97 Å². The van der Waals surface area contributed by atoms with E-state index in [2.05, 4.69) is 16.9 Å². The molecule has 116 valence electrons. The molecule has 2 heterocycles. The summed E-state index contributed by atoms with van der Waals surface area (Å²) in [6.07, 6.45) is 0.837. The van der Waals surface area contributed by atoms with Gasteiger partial charge in [-0.25, -0.2) is 9.97 Å². The standard InChI is InChI=1S/C16H19N3O3/c1-5-10-6-12(18-16(17-10)19(2)3)11-7-14-15(22-9-21-14)8-13(11)20-4/h6-8H,5,9H2,1-4H3. The molecular formula is C16H19N3O3. The van der Waals surface area contributed by atoms with Crippen LogP contribution in [0, 0.1) is 0 Å². The summed E-state index contributed by atoms with van der Waals surface area (Å²) in [5.74, 6) is 2.78. The first kappa shape index (κ1) is 14.4. The van der Waals surface area contributed by atoms with Crippen LogP contribution < -0.4 is 19.1 Å². The Labute approximate surface area is 129 Å². The number of rotatable bonds is 4. The van der Waals surface area contributed by atoms with Gasteiger partial charge in [0.1, 0.15) is 5.75 Å². The van der Waals surface area contributed by atoms with Gasteiger partial charge in [-0.15, -0.1) is 0 Å². The number of hydrogen-bond acceptors (Lipinski definition) is 6. The molecule has 0 saturated carbocycles. The molecule has 0 unspecified atom stereocenters. The first-order valence-corrected chi connectivity index (χ1v) is 7.15. The van der Waals surface area contributed by atoms with E-state index < -0.39 is 0 Å². The van der Waals surface area contributed by atoms with E-state index in [4.69, 9.17) is 14.2 Å². The third kappa shape index (κ3) is 2.52. The lowest BCUT2D eigenvalue weighted by Gasteiger charge is -2.15. The highest BCUT2D eigenvalue weighted by Crippen LogP contribution is 2.42. The summed E-state index contributed by atoms with van der Waals surface area (Å²) >= 11 is 0. The number of fused-ring (bicyclic) bond motifs is 1. The van der Waals surface area contributed by atoms with Crippen molar-refractivity contribution in [3.63, 3.8) is 0 Å². The number of benzene rings is 1. The lowest BCUT2D eigenvalue weighted by atomic mass is 10.1. The average Bonchev–Trinajstić information content (AvgIpc) is 3.00. The van der Waals surface area contributed by atoms with Crippen molar-refractivity contribution >= 4 is 5.95 Å². The first-order valence-electron chi connectivity index (χ1n) is 7.15. The van der Waals surface area contributed by atoms with Crippen LogP contribution in [-0.2, 0) is 6.42 Å². The van der Waals surface area contributed by atoms with E-state index in [0.29, 0.717) is 23.2 Å². The van der Waals surface area contributed by atoms with E-state index in [-0.39, 0.29) is 6.79 Å². The number of nitrogens with zero attached hydrogens (tertiary/aromatic N) is 3. The molecule has 0 atom stereocenters. The van der Waals surface area contributed by atoms with Gasteiger partial charge in [-0.1, -0.05) is 6.92 Å². The summed E-state index contributed by atoms with van der Waals surface area (Å²) in [6, 6.07) is 5.72. The van der Waals surface area contributed by atoms with Gasteiger partial charge >= 0.3 is 0 Å². The first-order chi connectivity index (χ1) is 10.6. The third-order valence-electron chi connectivity index (χ3n) is 3.50. The molecule has 0 aliphatic carbocycles. The summed E-state index contributed by atoms with van der Waals surface area (Å²) in [5.41, 5.74) is 2.66. The highest BCUT2D eigenvalue weighted by molar-refractivity contribution is 5.73. The summed E-state index contributed by atoms with van der Waals surface area (Å²) in [6.45, 7) is 2.30. The molecule has 2 aromatic rings. The van der Waals surface area contributed by atoms with Gasteiger partial charge in [0.2, 0.25) is 12.7 Å². The molecule has 1 aromatic heterocycles. The number of ether oxygens (including phenoxy) is 3. The monoisotopic (exact) mass is 301 g/mol. The van der Waals surface area contributed by atoms with Crippen molar-refractivity contribution in [2.45, 2.75) is 13.3 Å². The van der Waals surface area contributed by atoms with Crippen LogP contribution in [0.2, 0.25) is 0 Å². The highest BCUT2D eigenvalue weighted by Gasteiger charge is 2.20. The van der Waals surface area contributed by atoms with Gasteiger partial charge in [0.25, 0.3) is 0 Å². The summed E-state index contributed by atoms with van der Waals surface area (Å²) < 4.78 is 16.3. The number of methoxy groups -OCH3 is 1. The maximum Gasteiger partial charge on any atom is 0.231 e. The van der Waals surface area contributed by atoms with Gasteiger partial charge in [0.15, 0.2) is 11.5 Å². The second kappa shape index (κ2) is 5.71. The van der Waals surface area contributed by atoms with Gasteiger partial charge in [0, 0.05) is 31.4 Å². The Hall–Kier alpha value is -2.50. The molecule has 6 nitrogen and oxygen atoms in total. The molecule has 1 aliphatic rings. The average molecular weight is 301 g/mol. The Morgan fingerprint density at radius 2 is 1.86 bits per heavy atom. The second-order valence-electron chi connectivity index (χ2n) is 5.20. The minimum Gasteiger partial charge on any atom is -0.496 e. The van der Waals surface area contributed by atoms with Gasteiger partial charge in [0.05, 0.1) is 12.8 Å². The minimum atomic E-state index is 0.231. The fourth-order valence-corrected chi connectivity index (χ4v) is 2.30. The van der Waals surface area contributed by atoms with E-state index in [1.54, 1.807) is 7.11 Å². The maximum absolute atomic E-state index is 5.49. The molecule has 1 aromatic carbocycles. The van der Waals surface area contributed by atoms with Gasteiger partial charge in [-0.05, 0) is 18.6 Å². The zero-order valence-corrected chi connectivity index (χ0v) is 13.2. The van der Waals surface area contributed by atoms with E-state index in [1.165, 1.54) is 0 Å². The molecule has 0 N–H and O–H groups in total. The molecule has 1 aliphatic heterocycles. The molecular weight excluding hydrogens is 282 g/mol.